The number of aryl methyl sites for hydroxylation is 1. The Balaban J connectivity index is 2.46. The van der Waals surface area contributed by atoms with Crippen molar-refractivity contribution in [2.75, 3.05) is 0 Å². The van der Waals surface area contributed by atoms with E-state index in [0.717, 1.165) is 5.56 Å². The second kappa shape index (κ2) is 4.77. The number of carbonyl (C=O) groups is 1. The Morgan fingerprint density at radius 2 is 2.00 bits per heavy atom. The van der Waals surface area contributed by atoms with Crippen LogP contribution in [0.15, 0.2) is 24.3 Å². The van der Waals surface area contributed by atoms with Gasteiger partial charge in [0.05, 0.1) is 6.04 Å². The summed E-state index contributed by atoms with van der Waals surface area (Å²) < 4.78 is 0. The third-order valence-electron chi connectivity index (χ3n) is 2.00. The zero-order chi connectivity index (χ0) is 10.6. The molecule has 0 spiro atoms. The number of nitrogens with two attached hydrogens (primary N) is 1. The predicted octanol–water partition coefficient (Wildman–Crippen LogP) is 0.958. The summed E-state index contributed by atoms with van der Waals surface area (Å²) >= 11 is 0. The SMILES string of the molecule is Cc1ccc(CNC(=O)C(C)N)cc1. The summed E-state index contributed by atoms with van der Waals surface area (Å²) in [5.41, 5.74) is 7.71. The number of benzene rings is 1. The van der Waals surface area contributed by atoms with E-state index in [1.165, 1.54) is 5.56 Å². The molecule has 0 aliphatic rings. The molecule has 0 radical (unpaired) electrons. The molecular formula is C11H16N2O. The van der Waals surface area contributed by atoms with Gasteiger partial charge in [-0.2, -0.15) is 0 Å². The monoisotopic (exact) mass is 192 g/mol. The number of rotatable bonds is 3. The Morgan fingerprint density at radius 3 is 2.50 bits per heavy atom. The van der Waals surface area contributed by atoms with Gasteiger partial charge in [0.25, 0.3) is 0 Å². The van der Waals surface area contributed by atoms with Gasteiger partial charge in [0, 0.05) is 6.54 Å². The van der Waals surface area contributed by atoms with Crippen molar-refractivity contribution in [1.29, 1.82) is 0 Å². The van der Waals surface area contributed by atoms with Gasteiger partial charge in [0.1, 0.15) is 0 Å². The average molecular weight is 192 g/mol. The molecule has 0 fully saturated rings. The Hall–Kier alpha value is -1.35. The van der Waals surface area contributed by atoms with Crippen LogP contribution in [0, 0.1) is 6.92 Å². The van der Waals surface area contributed by atoms with Crippen molar-refractivity contribution in [3.05, 3.63) is 35.4 Å². The van der Waals surface area contributed by atoms with E-state index >= 15 is 0 Å². The summed E-state index contributed by atoms with van der Waals surface area (Å²) in [4.78, 5) is 11.1. The maximum absolute atomic E-state index is 11.1. The van der Waals surface area contributed by atoms with Crippen molar-refractivity contribution >= 4 is 5.91 Å². The van der Waals surface area contributed by atoms with Gasteiger partial charge < -0.3 is 11.1 Å². The second-order valence-corrected chi connectivity index (χ2v) is 3.49. The van der Waals surface area contributed by atoms with Gasteiger partial charge in [0.15, 0.2) is 0 Å². The van der Waals surface area contributed by atoms with E-state index < -0.39 is 6.04 Å². The number of hydrogen-bond donors (Lipinski definition) is 2. The highest BCUT2D eigenvalue weighted by Crippen LogP contribution is 2.02. The van der Waals surface area contributed by atoms with Crippen LogP contribution in [0.3, 0.4) is 0 Å². The molecule has 1 amide bonds. The second-order valence-electron chi connectivity index (χ2n) is 3.49. The number of carbonyl (C=O) groups excluding carboxylic acids is 1. The molecule has 1 atom stereocenters. The minimum Gasteiger partial charge on any atom is -0.351 e. The zero-order valence-corrected chi connectivity index (χ0v) is 8.58. The zero-order valence-electron chi connectivity index (χ0n) is 8.58. The Labute approximate surface area is 84.3 Å². The highest BCUT2D eigenvalue weighted by Gasteiger charge is 2.05. The Kier molecular flexibility index (Phi) is 3.65. The molecule has 3 nitrogen and oxygen atoms in total. The van der Waals surface area contributed by atoms with E-state index in [-0.39, 0.29) is 5.91 Å². The lowest BCUT2D eigenvalue weighted by molar-refractivity contribution is -0.122. The molecular weight excluding hydrogens is 176 g/mol. The average Bonchev–Trinajstić information content (AvgIpc) is 2.16. The topological polar surface area (TPSA) is 55.1 Å². The summed E-state index contributed by atoms with van der Waals surface area (Å²) in [5, 5.41) is 2.75. The largest absolute Gasteiger partial charge is 0.351 e. The van der Waals surface area contributed by atoms with Crippen molar-refractivity contribution in [3.8, 4) is 0 Å². The van der Waals surface area contributed by atoms with E-state index in [0.29, 0.717) is 6.54 Å². The minimum atomic E-state index is -0.444. The third kappa shape index (κ3) is 3.18. The van der Waals surface area contributed by atoms with Crippen molar-refractivity contribution < 1.29 is 4.79 Å². The van der Waals surface area contributed by atoms with Crippen LogP contribution in [-0.2, 0) is 11.3 Å². The van der Waals surface area contributed by atoms with Gasteiger partial charge in [-0.25, -0.2) is 0 Å². The van der Waals surface area contributed by atoms with Crippen LogP contribution in [0.4, 0.5) is 0 Å². The Bertz CT molecular complexity index is 304. The first-order valence-electron chi connectivity index (χ1n) is 4.68. The van der Waals surface area contributed by atoms with Gasteiger partial charge in [0.2, 0.25) is 5.91 Å². The number of amides is 1. The number of hydrogen-bond acceptors (Lipinski definition) is 2. The van der Waals surface area contributed by atoms with Crippen molar-refractivity contribution in [2.24, 2.45) is 5.73 Å². The molecule has 0 bridgehead atoms. The summed E-state index contributed by atoms with van der Waals surface area (Å²) in [6.45, 7) is 4.25. The molecule has 0 saturated heterocycles. The van der Waals surface area contributed by atoms with Crippen LogP contribution in [0.5, 0.6) is 0 Å². The van der Waals surface area contributed by atoms with E-state index in [4.69, 9.17) is 5.73 Å². The molecule has 1 rings (SSSR count). The van der Waals surface area contributed by atoms with Gasteiger partial charge >= 0.3 is 0 Å². The summed E-state index contributed by atoms with van der Waals surface area (Å²) in [6.07, 6.45) is 0. The lowest BCUT2D eigenvalue weighted by atomic mass is 10.1. The van der Waals surface area contributed by atoms with E-state index in [1.54, 1.807) is 6.92 Å². The molecule has 0 heterocycles. The molecule has 14 heavy (non-hydrogen) atoms. The highest BCUT2D eigenvalue weighted by molar-refractivity contribution is 5.80. The molecule has 3 heteroatoms. The molecule has 1 aromatic rings. The molecule has 0 aliphatic heterocycles. The molecule has 1 aromatic carbocycles. The maximum Gasteiger partial charge on any atom is 0.236 e. The normalized spacial score (nSPS) is 12.2. The highest BCUT2D eigenvalue weighted by atomic mass is 16.2. The first kappa shape index (κ1) is 10.7. The van der Waals surface area contributed by atoms with E-state index in [2.05, 4.69) is 5.32 Å². The molecule has 3 N–H and O–H groups in total. The molecule has 0 aliphatic carbocycles. The summed E-state index contributed by atoms with van der Waals surface area (Å²) in [7, 11) is 0. The van der Waals surface area contributed by atoms with Crippen LogP contribution in [0.25, 0.3) is 0 Å². The predicted molar refractivity (Wildman–Crippen MR) is 56.7 cm³/mol. The summed E-state index contributed by atoms with van der Waals surface area (Å²) in [6, 6.07) is 7.59. The molecule has 0 aromatic heterocycles. The van der Waals surface area contributed by atoms with Crippen molar-refractivity contribution in [2.45, 2.75) is 26.4 Å². The third-order valence-corrected chi connectivity index (χ3v) is 2.00. The lowest BCUT2D eigenvalue weighted by Gasteiger charge is -2.07. The van der Waals surface area contributed by atoms with E-state index in [9.17, 15) is 4.79 Å². The fourth-order valence-electron chi connectivity index (χ4n) is 1.06. The van der Waals surface area contributed by atoms with Gasteiger partial charge in [-0.05, 0) is 19.4 Å². The summed E-state index contributed by atoms with van der Waals surface area (Å²) in [5.74, 6) is -0.120. The quantitative estimate of drug-likeness (QED) is 0.749. The van der Waals surface area contributed by atoms with Crippen LogP contribution in [-0.4, -0.2) is 11.9 Å². The van der Waals surface area contributed by atoms with Gasteiger partial charge in [-0.3, -0.25) is 4.79 Å². The molecule has 0 saturated carbocycles. The van der Waals surface area contributed by atoms with E-state index in [1.807, 2.05) is 31.2 Å². The van der Waals surface area contributed by atoms with Crippen LogP contribution in [0.2, 0.25) is 0 Å². The van der Waals surface area contributed by atoms with Crippen molar-refractivity contribution in [1.82, 2.24) is 5.32 Å². The lowest BCUT2D eigenvalue weighted by Crippen LogP contribution is -2.37. The smallest absolute Gasteiger partial charge is 0.236 e. The van der Waals surface area contributed by atoms with Gasteiger partial charge in [-0.1, -0.05) is 29.8 Å². The van der Waals surface area contributed by atoms with Crippen LogP contribution < -0.4 is 11.1 Å². The minimum absolute atomic E-state index is 0.120. The van der Waals surface area contributed by atoms with Crippen LogP contribution >= 0.6 is 0 Å². The van der Waals surface area contributed by atoms with Crippen molar-refractivity contribution in [3.63, 3.8) is 0 Å². The van der Waals surface area contributed by atoms with Gasteiger partial charge in [-0.15, -0.1) is 0 Å². The molecule has 76 valence electrons. The van der Waals surface area contributed by atoms with Crippen LogP contribution in [0.1, 0.15) is 18.1 Å². The Morgan fingerprint density at radius 1 is 1.43 bits per heavy atom. The maximum atomic E-state index is 11.1. The first-order chi connectivity index (χ1) is 6.59. The fourth-order valence-corrected chi connectivity index (χ4v) is 1.06. The standard InChI is InChI=1S/C11H16N2O/c1-8-3-5-10(6-4-8)7-13-11(14)9(2)12/h3-6,9H,7,12H2,1-2H3,(H,13,14). The fraction of sp³-hybridized carbons (Fsp3) is 0.364. The molecule has 1 unspecified atom stereocenters. The first-order valence-corrected chi connectivity index (χ1v) is 4.68. The number of nitrogens with one attached hydrogen (secondary N) is 1.